The summed E-state index contributed by atoms with van der Waals surface area (Å²) in [5.41, 5.74) is 0.939. The molecule has 3 rings (SSSR count). The Labute approximate surface area is 147 Å². The van der Waals surface area contributed by atoms with Crippen LogP contribution in [0, 0.1) is 0 Å². The van der Waals surface area contributed by atoms with Crippen molar-refractivity contribution in [2.24, 2.45) is 0 Å². The Kier molecular flexibility index (Phi) is 5.08. The lowest BCUT2D eigenvalue weighted by molar-refractivity contribution is -0.146. The number of ether oxygens (including phenoxy) is 2. The summed E-state index contributed by atoms with van der Waals surface area (Å²) < 4.78 is 14.9. The van der Waals surface area contributed by atoms with E-state index in [4.69, 9.17) is 9.15 Å². The van der Waals surface area contributed by atoms with Crippen LogP contribution in [0.25, 0.3) is 0 Å². The fraction of sp³-hybridized carbons (Fsp3) is 0.235. The van der Waals surface area contributed by atoms with Crippen molar-refractivity contribution in [3.63, 3.8) is 0 Å². The highest BCUT2D eigenvalue weighted by molar-refractivity contribution is 8.01. The standard InChI is InChI=1S/C17H15NO6S/c1-22-17(21)10-6-7-23-12(10)9-24-15(19)8-14-16(20)18-11-4-2-3-5-13(11)25-14/h2-7,14H,8-9H2,1H3,(H,18,20). The maximum absolute atomic E-state index is 12.1. The molecule has 1 amide bonds. The van der Waals surface area contributed by atoms with Crippen LogP contribution in [-0.4, -0.2) is 30.2 Å². The third-order valence-corrected chi connectivity index (χ3v) is 4.85. The van der Waals surface area contributed by atoms with Crippen molar-refractivity contribution in [2.45, 2.75) is 23.2 Å². The average Bonchev–Trinajstić information content (AvgIpc) is 3.08. The number of thioether (sulfide) groups is 1. The number of fused-ring (bicyclic) bond motifs is 1. The number of amides is 1. The lowest BCUT2D eigenvalue weighted by Gasteiger charge is -2.23. The number of methoxy groups -OCH3 is 1. The van der Waals surface area contributed by atoms with E-state index >= 15 is 0 Å². The molecule has 2 aromatic rings. The number of carbonyl (C=O) groups is 3. The molecule has 0 radical (unpaired) electrons. The number of hydrogen-bond acceptors (Lipinski definition) is 7. The molecule has 8 heteroatoms. The summed E-state index contributed by atoms with van der Waals surface area (Å²) in [4.78, 5) is 36.6. The topological polar surface area (TPSA) is 94.8 Å². The summed E-state index contributed by atoms with van der Waals surface area (Å²) in [6.07, 6.45) is 1.23. The maximum atomic E-state index is 12.1. The Morgan fingerprint density at radius 3 is 2.88 bits per heavy atom. The van der Waals surface area contributed by atoms with E-state index in [-0.39, 0.29) is 30.3 Å². The summed E-state index contributed by atoms with van der Waals surface area (Å²) in [5, 5.41) is 2.20. The van der Waals surface area contributed by atoms with Crippen molar-refractivity contribution in [3.8, 4) is 0 Å². The normalized spacial score (nSPS) is 15.9. The molecule has 130 valence electrons. The minimum Gasteiger partial charge on any atom is -0.465 e. The second-order valence-corrected chi connectivity index (χ2v) is 6.45. The first-order valence-electron chi connectivity index (χ1n) is 7.45. The largest absolute Gasteiger partial charge is 0.465 e. The molecule has 1 unspecified atom stereocenters. The van der Waals surface area contributed by atoms with Crippen LogP contribution < -0.4 is 5.32 Å². The zero-order valence-corrected chi connectivity index (χ0v) is 14.1. The SMILES string of the molecule is COC(=O)c1ccoc1COC(=O)CC1Sc2ccccc2NC1=O. The Hall–Kier alpha value is -2.74. The van der Waals surface area contributed by atoms with Crippen LogP contribution in [0.2, 0.25) is 0 Å². The Bertz CT molecular complexity index is 815. The molecule has 0 aliphatic carbocycles. The zero-order chi connectivity index (χ0) is 17.8. The second-order valence-electron chi connectivity index (χ2n) is 5.21. The Balaban J connectivity index is 1.58. The Morgan fingerprint density at radius 1 is 1.28 bits per heavy atom. The van der Waals surface area contributed by atoms with E-state index in [1.165, 1.54) is 31.2 Å². The molecule has 0 saturated heterocycles. The third kappa shape index (κ3) is 3.85. The van der Waals surface area contributed by atoms with Crippen LogP contribution in [0.1, 0.15) is 22.5 Å². The summed E-state index contributed by atoms with van der Waals surface area (Å²) in [6, 6.07) is 8.82. The van der Waals surface area contributed by atoms with Gasteiger partial charge in [0.05, 0.1) is 30.7 Å². The number of hydrogen-bond donors (Lipinski definition) is 1. The molecule has 1 atom stereocenters. The van der Waals surface area contributed by atoms with Crippen molar-refractivity contribution in [1.82, 2.24) is 0 Å². The number of para-hydroxylation sites is 1. The minimum atomic E-state index is -0.571. The van der Waals surface area contributed by atoms with Crippen molar-refractivity contribution in [1.29, 1.82) is 0 Å². The summed E-state index contributed by atoms with van der Waals surface area (Å²) in [6.45, 7) is -0.203. The van der Waals surface area contributed by atoms with E-state index in [1.54, 1.807) is 6.07 Å². The highest BCUT2D eigenvalue weighted by Crippen LogP contribution is 2.36. The maximum Gasteiger partial charge on any atom is 0.341 e. The predicted molar refractivity (Wildman–Crippen MR) is 89.2 cm³/mol. The number of anilines is 1. The third-order valence-electron chi connectivity index (χ3n) is 3.57. The number of benzene rings is 1. The Morgan fingerprint density at radius 2 is 2.08 bits per heavy atom. The second kappa shape index (κ2) is 7.43. The lowest BCUT2D eigenvalue weighted by atomic mass is 10.2. The van der Waals surface area contributed by atoms with Crippen molar-refractivity contribution >= 4 is 35.3 Å². The van der Waals surface area contributed by atoms with Gasteiger partial charge in [0.2, 0.25) is 5.91 Å². The molecule has 25 heavy (non-hydrogen) atoms. The molecule has 0 fully saturated rings. The lowest BCUT2D eigenvalue weighted by Crippen LogP contribution is -2.31. The van der Waals surface area contributed by atoms with Crippen molar-refractivity contribution in [3.05, 3.63) is 47.9 Å². The van der Waals surface area contributed by atoms with Crippen LogP contribution in [0.5, 0.6) is 0 Å². The number of furan rings is 1. The first kappa shape index (κ1) is 17.1. The van der Waals surface area contributed by atoms with Gasteiger partial charge in [-0.15, -0.1) is 11.8 Å². The average molecular weight is 361 g/mol. The van der Waals surface area contributed by atoms with Crippen LogP contribution in [0.4, 0.5) is 5.69 Å². The summed E-state index contributed by atoms with van der Waals surface area (Å²) in [7, 11) is 1.25. The molecular weight excluding hydrogens is 346 g/mol. The molecule has 1 aliphatic heterocycles. The molecule has 7 nitrogen and oxygen atoms in total. The molecular formula is C17H15NO6S. The number of nitrogens with one attached hydrogen (secondary N) is 1. The highest BCUT2D eigenvalue weighted by Gasteiger charge is 2.29. The van der Waals surface area contributed by atoms with E-state index in [0.717, 1.165) is 10.6 Å². The van der Waals surface area contributed by atoms with Gasteiger partial charge in [0.15, 0.2) is 5.76 Å². The minimum absolute atomic E-state index is 0.0842. The van der Waals surface area contributed by atoms with Gasteiger partial charge in [-0.25, -0.2) is 4.79 Å². The van der Waals surface area contributed by atoms with Crippen LogP contribution in [-0.2, 0) is 25.7 Å². The van der Waals surface area contributed by atoms with Gasteiger partial charge in [0.25, 0.3) is 0 Å². The molecule has 0 saturated carbocycles. The predicted octanol–water partition coefficient (Wildman–Crippen LogP) is 2.61. The van der Waals surface area contributed by atoms with E-state index in [1.807, 2.05) is 18.2 Å². The fourth-order valence-electron chi connectivity index (χ4n) is 2.33. The van der Waals surface area contributed by atoms with Gasteiger partial charge < -0.3 is 19.2 Å². The van der Waals surface area contributed by atoms with Gasteiger partial charge in [-0.3, -0.25) is 9.59 Å². The van der Waals surface area contributed by atoms with Gasteiger partial charge in [0.1, 0.15) is 12.2 Å². The molecule has 2 heterocycles. The van der Waals surface area contributed by atoms with Gasteiger partial charge in [-0.1, -0.05) is 12.1 Å². The smallest absolute Gasteiger partial charge is 0.341 e. The molecule has 0 bridgehead atoms. The molecule has 1 aromatic heterocycles. The number of rotatable bonds is 5. The van der Waals surface area contributed by atoms with Crippen LogP contribution >= 0.6 is 11.8 Å². The molecule has 1 aliphatic rings. The van der Waals surface area contributed by atoms with Gasteiger partial charge in [-0.2, -0.15) is 0 Å². The fourth-order valence-corrected chi connectivity index (χ4v) is 3.42. The van der Waals surface area contributed by atoms with Crippen LogP contribution in [0.3, 0.4) is 0 Å². The van der Waals surface area contributed by atoms with E-state index in [0.29, 0.717) is 0 Å². The van der Waals surface area contributed by atoms with E-state index in [9.17, 15) is 14.4 Å². The first-order chi connectivity index (χ1) is 12.1. The summed E-state index contributed by atoms with van der Waals surface area (Å²) in [5.74, 6) is -1.17. The number of esters is 2. The molecule has 1 N–H and O–H groups in total. The van der Waals surface area contributed by atoms with Gasteiger partial charge >= 0.3 is 11.9 Å². The zero-order valence-electron chi connectivity index (χ0n) is 13.3. The van der Waals surface area contributed by atoms with E-state index in [2.05, 4.69) is 10.1 Å². The molecule has 0 spiro atoms. The monoisotopic (exact) mass is 361 g/mol. The first-order valence-corrected chi connectivity index (χ1v) is 8.33. The summed E-state index contributed by atoms with van der Waals surface area (Å²) >= 11 is 1.32. The van der Waals surface area contributed by atoms with Crippen molar-refractivity contribution < 1.29 is 28.3 Å². The van der Waals surface area contributed by atoms with E-state index < -0.39 is 17.2 Å². The highest BCUT2D eigenvalue weighted by atomic mass is 32.2. The van der Waals surface area contributed by atoms with Crippen LogP contribution in [0.15, 0.2) is 45.9 Å². The molecule has 1 aromatic carbocycles. The van der Waals surface area contributed by atoms with Gasteiger partial charge in [0, 0.05) is 4.90 Å². The van der Waals surface area contributed by atoms with Crippen molar-refractivity contribution in [2.75, 3.05) is 12.4 Å². The number of carbonyl (C=O) groups excluding carboxylic acids is 3. The van der Waals surface area contributed by atoms with Gasteiger partial charge in [-0.05, 0) is 18.2 Å². The quantitative estimate of drug-likeness (QED) is 0.818.